The molecule has 1 aromatic heterocycles. The second-order valence-electron chi connectivity index (χ2n) is 4.39. The van der Waals surface area contributed by atoms with Gasteiger partial charge < -0.3 is 19.5 Å². The van der Waals surface area contributed by atoms with Crippen LogP contribution in [0.1, 0.15) is 38.6 Å². The number of aromatic nitrogens is 2. The fourth-order valence-corrected chi connectivity index (χ4v) is 1.89. The zero-order chi connectivity index (χ0) is 14.5. The number of hydrogen-bond donors (Lipinski definition) is 2. The Morgan fingerprint density at radius 3 is 2.70 bits per heavy atom. The van der Waals surface area contributed by atoms with E-state index in [0.29, 0.717) is 18.0 Å². The summed E-state index contributed by atoms with van der Waals surface area (Å²) < 4.78 is 10.8. The van der Waals surface area contributed by atoms with Gasteiger partial charge in [-0.15, -0.1) is 0 Å². The lowest BCUT2D eigenvalue weighted by Crippen LogP contribution is -2.05. The van der Waals surface area contributed by atoms with Crippen molar-refractivity contribution >= 4 is 0 Å². The molecular formula is C14H18N2O4. The Kier molecular flexibility index (Phi) is 4.57. The molecule has 0 fully saturated rings. The smallest absolute Gasteiger partial charge is 0.258 e. The lowest BCUT2D eigenvalue weighted by atomic mass is 10.2. The number of rotatable bonds is 6. The lowest BCUT2D eigenvalue weighted by Gasteiger charge is -2.11. The molecule has 0 saturated heterocycles. The van der Waals surface area contributed by atoms with Crippen LogP contribution >= 0.6 is 0 Å². The fourth-order valence-electron chi connectivity index (χ4n) is 1.89. The molecule has 2 aromatic rings. The van der Waals surface area contributed by atoms with Crippen molar-refractivity contribution < 1.29 is 19.5 Å². The summed E-state index contributed by atoms with van der Waals surface area (Å²) in [5.74, 6) is 0.371. The third kappa shape index (κ3) is 3.08. The van der Waals surface area contributed by atoms with Crippen molar-refractivity contribution in [2.75, 3.05) is 6.61 Å². The quantitative estimate of drug-likeness (QED) is 0.789. The van der Waals surface area contributed by atoms with Crippen LogP contribution < -0.4 is 0 Å². The van der Waals surface area contributed by atoms with E-state index in [-0.39, 0.29) is 23.5 Å². The van der Waals surface area contributed by atoms with E-state index in [9.17, 15) is 10.2 Å². The number of benzene rings is 1. The molecule has 2 N–H and O–H groups in total. The van der Waals surface area contributed by atoms with Crippen molar-refractivity contribution in [2.24, 2.45) is 0 Å². The fraction of sp³-hybridized carbons (Fsp3) is 0.429. The van der Waals surface area contributed by atoms with Crippen LogP contribution in [0.15, 0.2) is 22.7 Å². The third-order valence-electron chi connectivity index (χ3n) is 2.87. The largest absolute Gasteiger partial charge is 0.504 e. The molecule has 0 saturated carbocycles. The summed E-state index contributed by atoms with van der Waals surface area (Å²) in [6, 6.07) is 4.35. The summed E-state index contributed by atoms with van der Waals surface area (Å²) in [4.78, 5) is 4.29. The molecule has 0 spiro atoms. The first-order chi connectivity index (χ1) is 9.65. The molecule has 20 heavy (non-hydrogen) atoms. The highest BCUT2D eigenvalue weighted by molar-refractivity contribution is 5.58. The van der Waals surface area contributed by atoms with Gasteiger partial charge in [0, 0.05) is 12.2 Å². The maximum atomic E-state index is 9.48. The van der Waals surface area contributed by atoms with Gasteiger partial charge in [-0.3, -0.25) is 0 Å². The maximum absolute atomic E-state index is 9.48. The van der Waals surface area contributed by atoms with Crippen LogP contribution in [0, 0.1) is 0 Å². The van der Waals surface area contributed by atoms with Crippen LogP contribution in [0.3, 0.4) is 0 Å². The van der Waals surface area contributed by atoms with Gasteiger partial charge >= 0.3 is 0 Å². The van der Waals surface area contributed by atoms with Crippen LogP contribution in [0.2, 0.25) is 0 Å². The van der Waals surface area contributed by atoms with E-state index >= 15 is 0 Å². The minimum absolute atomic E-state index is 0.187. The first-order valence-corrected chi connectivity index (χ1v) is 6.63. The number of hydrogen-bond acceptors (Lipinski definition) is 6. The summed E-state index contributed by atoms with van der Waals surface area (Å²) in [6.07, 6.45) is 1.58. The Morgan fingerprint density at radius 2 is 2.05 bits per heavy atom. The number of aromatic hydroxyl groups is 2. The minimum atomic E-state index is -0.225. The molecule has 0 radical (unpaired) electrons. The van der Waals surface area contributed by atoms with Crippen LogP contribution in [-0.4, -0.2) is 27.0 Å². The summed E-state index contributed by atoms with van der Waals surface area (Å²) >= 11 is 0. The van der Waals surface area contributed by atoms with E-state index in [1.54, 1.807) is 6.07 Å². The third-order valence-corrected chi connectivity index (χ3v) is 2.87. The van der Waals surface area contributed by atoms with Gasteiger partial charge in [0.15, 0.2) is 11.5 Å². The second-order valence-corrected chi connectivity index (χ2v) is 4.39. The minimum Gasteiger partial charge on any atom is -0.504 e. The molecule has 0 aliphatic heterocycles. The highest BCUT2D eigenvalue weighted by Crippen LogP contribution is 2.30. The van der Waals surface area contributed by atoms with Gasteiger partial charge in [0.1, 0.15) is 6.10 Å². The average Bonchev–Trinajstić information content (AvgIpc) is 2.91. The van der Waals surface area contributed by atoms with Gasteiger partial charge in [0.25, 0.3) is 5.89 Å². The number of nitrogens with zero attached hydrogens (tertiary/aromatic N) is 2. The van der Waals surface area contributed by atoms with E-state index in [2.05, 4.69) is 17.1 Å². The normalized spacial score (nSPS) is 12.5. The van der Waals surface area contributed by atoms with E-state index in [4.69, 9.17) is 9.26 Å². The molecule has 2 rings (SSSR count). The number of ether oxygens (including phenoxy) is 1. The van der Waals surface area contributed by atoms with E-state index < -0.39 is 0 Å². The van der Waals surface area contributed by atoms with Gasteiger partial charge in [-0.1, -0.05) is 18.5 Å². The molecule has 0 amide bonds. The molecule has 1 unspecified atom stereocenters. The Balaban J connectivity index is 2.24. The van der Waals surface area contributed by atoms with Gasteiger partial charge in [0.2, 0.25) is 5.82 Å². The van der Waals surface area contributed by atoms with Gasteiger partial charge in [-0.25, -0.2) is 0 Å². The molecule has 1 atom stereocenters. The highest BCUT2D eigenvalue weighted by atomic mass is 16.5. The van der Waals surface area contributed by atoms with Crippen molar-refractivity contribution in [3.63, 3.8) is 0 Å². The van der Waals surface area contributed by atoms with Crippen LogP contribution in [0.4, 0.5) is 0 Å². The zero-order valence-corrected chi connectivity index (χ0v) is 11.5. The molecule has 0 aliphatic rings. The van der Waals surface area contributed by atoms with E-state index in [1.165, 1.54) is 12.1 Å². The van der Waals surface area contributed by atoms with Crippen LogP contribution in [0.5, 0.6) is 11.5 Å². The number of phenolic OH excluding ortho intramolecular Hbond substituents is 2. The molecule has 0 bridgehead atoms. The lowest BCUT2D eigenvalue weighted by molar-refractivity contribution is 0.0478. The van der Waals surface area contributed by atoms with Crippen molar-refractivity contribution in [3.05, 3.63) is 24.0 Å². The maximum Gasteiger partial charge on any atom is 0.258 e. The Labute approximate surface area is 117 Å². The molecule has 0 aliphatic carbocycles. The molecule has 1 aromatic carbocycles. The zero-order valence-electron chi connectivity index (χ0n) is 11.5. The van der Waals surface area contributed by atoms with E-state index in [0.717, 1.165) is 12.8 Å². The van der Waals surface area contributed by atoms with Crippen molar-refractivity contribution in [2.45, 2.75) is 32.8 Å². The van der Waals surface area contributed by atoms with Crippen molar-refractivity contribution in [3.8, 4) is 23.0 Å². The topological polar surface area (TPSA) is 88.6 Å². The van der Waals surface area contributed by atoms with Gasteiger partial charge in [0.05, 0.1) is 0 Å². The summed E-state index contributed by atoms with van der Waals surface area (Å²) in [5.41, 5.74) is 0.547. The van der Waals surface area contributed by atoms with Gasteiger partial charge in [-0.05, 0) is 31.5 Å². The van der Waals surface area contributed by atoms with Crippen LogP contribution in [-0.2, 0) is 4.74 Å². The predicted molar refractivity (Wildman–Crippen MR) is 72.3 cm³/mol. The van der Waals surface area contributed by atoms with Crippen molar-refractivity contribution in [1.82, 2.24) is 10.1 Å². The molecule has 6 nitrogen and oxygen atoms in total. The SMILES string of the molecule is CCCC(OCC)c1noc(-c2ccc(O)c(O)c2)n1. The van der Waals surface area contributed by atoms with Gasteiger partial charge in [-0.2, -0.15) is 4.98 Å². The standard InChI is InChI=1S/C14H18N2O4/c1-3-5-12(19-4-2)13-15-14(20-16-13)9-6-7-10(17)11(18)8-9/h6-8,12,17-18H,3-5H2,1-2H3. The monoisotopic (exact) mass is 278 g/mol. The summed E-state index contributed by atoms with van der Waals surface area (Å²) in [7, 11) is 0. The molecule has 108 valence electrons. The Bertz CT molecular complexity index is 562. The molecule has 6 heteroatoms. The van der Waals surface area contributed by atoms with E-state index in [1.807, 2.05) is 6.92 Å². The van der Waals surface area contributed by atoms with Crippen LogP contribution in [0.25, 0.3) is 11.5 Å². The molecular weight excluding hydrogens is 260 g/mol. The summed E-state index contributed by atoms with van der Waals surface area (Å²) in [6.45, 7) is 4.56. The summed E-state index contributed by atoms with van der Waals surface area (Å²) in [5, 5.41) is 22.7. The predicted octanol–water partition coefficient (Wildman–Crippen LogP) is 3.03. The Morgan fingerprint density at radius 1 is 1.25 bits per heavy atom. The molecule has 1 heterocycles. The Hall–Kier alpha value is -2.08. The average molecular weight is 278 g/mol. The first kappa shape index (κ1) is 14.3. The first-order valence-electron chi connectivity index (χ1n) is 6.63. The second kappa shape index (κ2) is 6.38. The van der Waals surface area contributed by atoms with Crippen molar-refractivity contribution in [1.29, 1.82) is 0 Å². The number of phenols is 2. The highest BCUT2D eigenvalue weighted by Gasteiger charge is 2.19.